The molecule has 1 unspecified atom stereocenters. The number of amides is 1. The molecule has 1 saturated heterocycles. The summed E-state index contributed by atoms with van der Waals surface area (Å²) < 4.78 is 7.11. The van der Waals surface area contributed by atoms with Crippen molar-refractivity contribution < 1.29 is 14.3 Å². The third-order valence-electron chi connectivity index (χ3n) is 4.36. The number of thiazole rings is 1. The first-order valence-corrected chi connectivity index (χ1v) is 10.4. The Balaban J connectivity index is 1.45. The molecule has 1 aromatic heterocycles. The second kappa shape index (κ2) is 8.67. The number of nitrogens with zero attached hydrogens (tertiary/aromatic N) is 2. The van der Waals surface area contributed by atoms with Crippen LogP contribution in [-0.4, -0.2) is 46.7 Å². The van der Waals surface area contributed by atoms with Gasteiger partial charge < -0.3 is 9.64 Å². The predicted octanol–water partition coefficient (Wildman–Crippen LogP) is 3.72. The molecular weight excluding hydrogens is 356 g/mol. The lowest BCUT2D eigenvalue weighted by Crippen LogP contribution is -2.45. The zero-order chi connectivity index (χ0) is 17.6. The summed E-state index contributed by atoms with van der Waals surface area (Å²) in [5, 5.41) is 0. The molecule has 1 atom stereocenters. The average Bonchev–Trinajstić information content (AvgIpc) is 3.07. The molecule has 2 aromatic rings. The maximum atomic E-state index is 12.3. The molecule has 7 heteroatoms. The molecule has 134 valence electrons. The smallest absolute Gasteiger partial charge is 0.316 e. The van der Waals surface area contributed by atoms with Gasteiger partial charge in [0.1, 0.15) is 0 Å². The molecule has 1 aromatic carbocycles. The summed E-state index contributed by atoms with van der Waals surface area (Å²) in [6, 6.07) is 8.17. The van der Waals surface area contributed by atoms with E-state index < -0.39 is 0 Å². The van der Waals surface area contributed by atoms with Gasteiger partial charge in [-0.25, -0.2) is 4.98 Å². The van der Waals surface area contributed by atoms with Gasteiger partial charge in [-0.1, -0.05) is 30.8 Å². The molecule has 0 radical (unpaired) electrons. The van der Waals surface area contributed by atoms with Gasteiger partial charge in [-0.2, -0.15) is 0 Å². The maximum Gasteiger partial charge on any atom is 0.316 e. The van der Waals surface area contributed by atoms with Crippen LogP contribution in [0.2, 0.25) is 0 Å². The van der Waals surface area contributed by atoms with Gasteiger partial charge in [-0.05, 0) is 37.8 Å². The van der Waals surface area contributed by atoms with Crippen LogP contribution >= 0.6 is 23.1 Å². The summed E-state index contributed by atoms with van der Waals surface area (Å²) in [6.07, 6.45) is 4.20. The minimum atomic E-state index is -0.373. The highest BCUT2D eigenvalue weighted by Gasteiger charge is 2.25. The zero-order valence-electron chi connectivity index (χ0n) is 14.3. The number of hydrogen-bond acceptors (Lipinski definition) is 6. The van der Waals surface area contributed by atoms with Gasteiger partial charge in [0.2, 0.25) is 0 Å². The molecule has 0 spiro atoms. The number of thioether (sulfide) groups is 1. The number of hydrogen-bond donors (Lipinski definition) is 0. The number of aromatic nitrogens is 1. The van der Waals surface area contributed by atoms with E-state index in [9.17, 15) is 9.59 Å². The van der Waals surface area contributed by atoms with Gasteiger partial charge in [0.05, 0.1) is 16.0 Å². The van der Waals surface area contributed by atoms with E-state index in [0.29, 0.717) is 0 Å². The fraction of sp³-hybridized carbons (Fsp3) is 0.500. The van der Waals surface area contributed by atoms with Crippen LogP contribution in [0.1, 0.15) is 32.6 Å². The van der Waals surface area contributed by atoms with E-state index in [4.69, 9.17) is 4.74 Å². The Bertz CT molecular complexity index is 714. The van der Waals surface area contributed by atoms with Crippen LogP contribution in [0.3, 0.4) is 0 Å². The highest BCUT2D eigenvalue weighted by molar-refractivity contribution is 8.01. The largest absolute Gasteiger partial charge is 0.455 e. The van der Waals surface area contributed by atoms with Crippen molar-refractivity contribution in [2.75, 3.05) is 18.9 Å². The first kappa shape index (κ1) is 18.2. The molecule has 0 bridgehead atoms. The zero-order valence-corrected chi connectivity index (χ0v) is 15.9. The Kier molecular flexibility index (Phi) is 6.31. The fourth-order valence-corrected chi connectivity index (χ4v) is 4.92. The Hall–Kier alpha value is -1.60. The van der Waals surface area contributed by atoms with E-state index in [0.717, 1.165) is 40.4 Å². The van der Waals surface area contributed by atoms with Crippen LogP contribution in [0.15, 0.2) is 28.6 Å². The van der Waals surface area contributed by atoms with Crippen molar-refractivity contribution in [2.45, 2.75) is 43.0 Å². The maximum absolute atomic E-state index is 12.3. The van der Waals surface area contributed by atoms with Crippen molar-refractivity contribution in [1.82, 2.24) is 9.88 Å². The van der Waals surface area contributed by atoms with Gasteiger partial charge in [0, 0.05) is 12.6 Å². The molecule has 0 aliphatic carbocycles. The number of piperidine rings is 1. The first-order valence-electron chi connectivity index (χ1n) is 8.61. The molecule has 3 rings (SSSR count). The number of fused-ring (bicyclic) bond motifs is 1. The standard InChI is InChI=1S/C18H22N2O3S2/c1-2-13-7-5-6-10-20(13)16(21)11-23-17(22)12-24-18-19-14-8-3-4-9-15(14)25-18/h3-4,8-9,13H,2,5-7,10-12H2,1H3. The quantitative estimate of drug-likeness (QED) is 0.566. The summed E-state index contributed by atoms with van der Waals surface area (Å²) in [6.45, 7) is 2.71. The minimum Gasteiger partial charge on any atom is -0.455 e. The predicted molar refractivity (Wildman–Crippen MR) is 101 cm³/mol. The van der Waals surface area contributed by atoms with E-state index in [1.165, 1.54) is 18.2 Å². The molecule has 0 N–H and O–H groups in total. The topological polar surface area (TPSA) is 59.5 Å². The Morgan fingerprint density at radius 1 is 1.36 bits per heavy atom. The van der Waals surface area contributed by atoms with Gasteiger partial charge in [-0.3, -0.25) is 9.59 Å². The Labute approximate surface area is 155 Å². The lowest BCUT2D eigenvalue weighted by molar-refractivity contribution is -0.151. The molecule has 1 aliphatic rings. The number of carbonyl (C=O) groups is 2. The summed E-state index contributed by atoms with van der Waals surface area (Å²) >= 11 is 2.91. The van der Waals surface area contributed by atoms with Gasteiger partial charge in [0.25, 0.3) is 5.91 Å². The molecular formula is C18H22N2O3S2. The molecule has 1 fully saturated rings. The number of esters is 1. The number of para-hydroxylation sites is 1. The SMILES string of the molecule is CCC1CCCCN1C(=O)COC(=O)CSc1nc2ccccc2s1. The normalized spacial score (nSPS) is 17.6. The minimum absolute atomic E-state index is 0.0788. The van der Waals surface area contributed by atoms with E-state index in [2.05, 4.69) is 11.9 Å². The highest BCUT2D eigenvalue weighted by Crippen LogP contribution is 2.29. The third-order valence-corrected chi connectivity index (χ3v) is 6.52. The summed E-state index contributed by atoms with van der Waals surface area (Å²) in [5.74, 6) is -0.280. The highest BCUT2D eigenvalue weighted by atomic mass is 32.2. The molecule has 1 amide bonds. The van der Waals surface area contributed by atoms with Crippen LogP contribution in [0, 0.1) is 0 Å². The van der Waals surface area contributed by atoms with Crippen LogP contribution in [0.5, 0.6) is 0 Å². The lowest BCUT2D eigenvalue weighted by Gasteiger charge is -2.35. The number of rotatable bonds is 6. The van der Waals surface area contributed by atoms with Gasteiger partial charge >= 0.3 is 5.97 Å². The van der Waals surface area contributed by atoms with Crippen LogP contribution in [0.4, 0.5) is 0 Å². The summed E-state index contributed by atoms with van der Waals surface area (Å²) in [5.41, 5.74) is 0.939. The molecule has 1 aliphatic heterocycles. The third kappa shape index (κ3) is 4.73. The van der Waals surface area contributed by atoms with E-state index in [1.807, 2.05) is 29.2 Å². The van der Waals surface area contributed by atoms with Crippen molar-refractivity contribution in [3.8, 4) is 0 Å². The van der Waals surface area contributed by atoms with Crippen molar-refractivity contribution in [3.63, 3.8) is 0 Å². The molecule has 25 heavy (non-hydrogen) atoms. The number of benzene rings is 1. The van der Waals surface area contributed by atoms with Gasteiger partial charge in [0.15, 0.2) is 10.9 Å². The van der Waals surface area contributed by atoms with Crippen molar-refractivity contribution in [2.24, 2.45) is 0 Å². The van der Waals surface area contributed by atoms with E-state index in [1.54, 1.807) is 11.3 Å². The second-order valence-corrected chi connectivity index (χ2v) is 8.29. The molecule has 2 heterocycles. The Morgan fingerprint density at radius 3 is 3.00 bits per heavy atom. The monoisotopic (exact) mass is 378 g/mol. The van der Waals surface area contributed by atoms with Crippen molar-refractivity contribution >= 4 is 45.2 Å². The Morgan fingerprint density at radius 2 is 2.20 bits per heavy atom. The van der Waals surface area contributed by atoms with Crippen LogP contribution in [-0.2, 0) is 14.3 Å². The number of ether oxygens (including phenoxy) is 1. The van der Waals surface area contributed by atoms with Crippen LogP contribution < -0.4 is 0 Å². The second-order valence-electron chi connectivity index (χ2n) is 6.04. The van der Waals surface area contributed by atoms with Gasteiger partial charge in [-0.15, -0.1) is 11.3 Å². The first-order chi connectivity index (χ1) is 12.2. The fourth-order valence-electron chi connectivity index (χ4n) is 3.05. The van der Waals surface area contributed by atoms with Crippen molar-refractivity contribution in [1.29, 1.82) is 0 Å². The summed E-state index contributed by atoms with van der Waals surface area (Å²) in [4.78, 5) is 30.6. The average molecular weight is 379 g/mol. The lowest BCUT2D eigenvalue weighted by atomic mass is 10.00. The molecule has 0 saturated carbocycles. The van der Waals surface area contributed by atoms with Crippen LogP contribution in [0.25, 0.3) is 10.2 Å². The van der Waals surface area contributed by atoms with E-state index in [-0.39, 0.29) is 30.3 Å². The molecule has 5 nitrogen and oxygen atoms in total. The summed E-state index contributed by atoms with van der Waals surface area (Å²) in [7, 11) is 0. The van der Waals surface area contributed by atoms with Crippen molar-refractivity contribution in [3.05, 3.63) is 24.3 Å². The van der Waals surface area contributed by atoms with E-state index >= 15 is 0 Å². The number of carbonyl (C=O) groups excluding carboxylic acids is 2. The number of likely N-dealkylation sites (tertiary alicyclic amines) is 1.